The van der Waals surface area contributed by atoms with Crippen LogP contribution >= 0.6 is 33.9 Å². The Balaban J connectivity index is 1.36. The Morgan fingerprint density at radius 1 is 1.08 bits per heavy atom. The maximum Gasteiger partial charge on any atom is 0.254 e. The van der Waals surface area contributed by atoms with Crippen LogP contribution in [0.5, 0.6) is 0 Å². The van der Waals surface area contributed by atoms with Crippen LogP contribution in [0.15, 0.2) is 53.9 Å². The van der Waals surface area contributed by atoms with Gasteiger partial charge in [0.1, 0.15) is 5.01 Å². The van der Waals surface area contributed by atoms with Gasteiger partial charge in [0, 0.05) is 38.7 Å². The summed E-state index contributed by atoms with van der Waals surface area (Å²) >= 11 is 3.81. The number of hydrogen-bond donors (Lipinski definition) is 1. The van der Waals surface area contributed by atoms with E-state index in [0.717, 1.165) is 58.4 Å². The number of aliphatic hydroxyl groups is 1. The molecule has 5 nitrogen and oxygen atoms in total. The Bertz CT molecular complexity index is 1270. The number of aliphatic hydroxyl groups excluding tert-OH is 1. The van der Waals surface area contributed by atoms with E-state index in [2.05, 4.69) is 39.7 Å². The topological polar surface area (TPSA) is 70.5 Å². The molecule has 3 atom stereocenters. The quantitative estimate of drug-likeness (QED) is 0.201. The predicted octanol–water partition coefficient (Wildman–Crippen LogP) is 7.02. The van der Waals surface area contributed by atoms with Crippen LogP contribution in [0.1, 0.15) is 88.0 Å². The molecule has 1 aromatic heterocycles. The molecule has 0 spiro atoms. The van der Waals surface area contributed by atoms with E-state index in [0.29, 0.717) is 24.1 Å². The van der Waals surface area contributed by atoms with Crippen LogP contribution in [0.3, 0.4) is 0 Å². The number of aryl methyl sites for hydroxylation is 1. The maximum absolute atomic E-state index is 13.7. The van der Waals surface area contributed by atoms with Crippen molar-refractivity contribution >= 4 is 45.6 Å². The number of halogens is 1. The maximum atomic E-state index is 13.7. The van der Waals surface area contributed by atoms with E-state index in [1.165, 1.54) is 0 Å². The predicted molar refractivity (Wildman–Crippen MR) is 160 cm³/mol. The second kappa shape index (κ2) is 12.4. The molecule has 0 bridgehead atoms. The van der Waals surface area contributed by atoms with Crippen molar-refractivity contribution in [2.24, 2.45) is 11.8 Å². The highest BCUT2D eigenvalue weighted by Crippen LogP contribution is 2.36. The van der Waals surface area contributed by atoms with Crippen LogP contribution in [-0.2, 0) is 6.42 Å². The molecule has 1 amide bonds. The number of carbonyl (C=O) groups is 2. The van der Waals surface area contributed by atoms with Gasteiger partial charge in [0.25, 0.3) is 5.91 Å². The normalized spacial score (nSPS) is 19.6. The van der Waals surface area contributed by atoms with E-state index in [9.17, 15) is 14.7 Å². The number of carbonyl (C=O) groups excluding carboxylic acids is 2. The molecule has 0 radical (unpaired) electrons. The van der Waals surface area contributed by atoms with E-state index in [1.807, 2.05) is 47.5 Å². The Kier molecular flexibility index (Phi) is 8.95. The van der Waals surface area contributed by atoms with Crippen molar-refractivity contribution in [3.8, 4) is 0 Å². The van der Waals surface area contributed by atoms with E-state index < -0.39 is 6.10 Å². The number of nitrogens with zero attached hydrogens (tertiary/aromatic N) is 2. The molecule has 1 aliphatic heterocycles. The summed E-state index contributed by atoms with van der Waals surface area (Å²) in [5.41, 5.74) is 3.23. The van der Waals surface area contributed by atoms with Crippen molar-refractivity contribution in [2.45, 2.75) is 70.4 Å². The van der Waals surface area contributed by atoms with E-state index in [-0.39, 0.29) is 36.0 Å². The van der Waals surface area contributed by atoms with Gasteiger partial charge in [-0.3, -0.25) is 9.59 Å². The Labute approximate surface area is 242 Å². The Morgan fingerprint density at radius 3 is 2.53 bits per heavy atom. The molecule has 1 aliphatic carbocycles. The zero-order chi connectivity index (χ0) is 26.6. The van der Waals surface area contributed by atoms with Gasteiger partial charge in [0.05, 0.1) is 12.1 Å². The number of thiazole rings is 1. The first-order valence-electron chi connectivity index (χ1n) is 13.7. The summed E-state index contributed by atoms with van der Waals surface area (Å²) in [7, 11) is 0. The number of amides is 1. The van der Waals surface area contributed by atoms with Gasteiger partial charge in [-0.25, -0.2) is 4.98 Å². The molecule has 5 rings (SSSR count). The smallest absolute Gasteiger partial charge is 0.254 e. The number of likely N-dealkylation sites (tertiary alicyclic amines) is 1. The van der Waals surface area contributed by atoms with Crippen molar-refractivity contribution < 1.29 is 14.7 Å². The second-order valence-electron chi connectivity index (χ2n) is 10.8. The molecule has 1 N–H and O–H groups in total. The number of ketones is 1. The molecule has 0 unspecified atom stereocenters. The lowest BCUT2D eigenvalue weighted by molar-refractivity contribution is 0.0456. The van der Waals surface area contributed by atoms with Crippen molar-refractivity contribution in [2.75, 3.05) is 6.54 Å². The Hall–Kier alpha value is -2.10. The Morgan fingerprint density at radius 2 is 1.82 bits per heavy atom. The summed E-state index contributed by atoms with van der Waals surface area (Å²) in [5, 5.41) is 14.3. The summed E-state index contributed by atoms with van der Waals surface area (Å²) in [6.07, 6.45) is 6.64. The first-order valence-corrected chi connectivity index (χ1v) is 15.6. The lowest BCUT2D eigenvalue weighted by Gasteiger charge is -2.27. The van der Waals surface area contributed by atoms with Crippen LogP contribution in [-0.4, -0.2) is 39.3 Å². The monoisotopic (exact) mass is 642 g/mol. The molecule has 2 fully saturated rings. The molecule has 2 aromatic carbocycles. The molecule has 2 aliphatic rings. The van der Waals surface area contributed by atoms with Crippen molar-refractivity contribution in [1.29, 1.82) is 0 Å². The summed E-state index contributed by atoms with van der Waals surface area (Å²) in [5.74, 6) is 0.0519. The highest BCUT2D eigenvalue weighted by atomic mass is 127. The lowest BCUT2D eigenvalue weighted by atomic mass is 9.81. The van der Waals surface area contributed by atoms with Gasteiger partial charge in [-0.2, -0.15) is 0 Å². The number of benzene rings is 2. The van der Waals surface area contributed by atoms with E-state index in [1.54, 1.807) is 17.4 Å². The summed E-state index contributed by atoms with van der Waals surface area (Å²) in [4.78, 5) is 33.9. The average molecular weight is 643 g/mol. The van der Waals surface area contributed by atoms with E-state index >= 15 is 0 Å². The largest absolute Gasteiger partial charge is 0.393 e. The number of rotatable bonds is 9. The van der Waals surface area contributed by atoms with Gasteiger partial charge in [-0.1, -0.05) is 43.2 Å². The van der Waals surface area contributed by atoms with Gasteiger partial charge in [0.2, 0.25) is 0 Å². The molecular weight excluding hydrogens is 607 g/mol. The highest BCUT2D eigenvalue weighted by Gasteiger charge is 2.34. The molecule has 3 aromatic rings. The van der Waals surface area contributed by atoms with Crippen LogP contribution < -0.4 is 0 Å². The molecule has 1 saturated heterocycles. The average Bonchev–Trinajstić information content (AvgIpc) is 3.69. The van der Waals surface area contributed by atoms with Crippen molar-refractivity contribution in [1.82, 2.24) is 9.88 Å². The fourth-order valence-electron chi connectivity index (χ4n) is 6.10. The fraction of sp³-hybridized carbons (Fsp3) is 0.452. The van der Waals surface area contributed by atoms with Crippen LogP contribution in [0.25, 0.3) is 0 Å². The fourth-order valence-corrected chi connectivity index (χ4v) is 7.72. The molecule has 1 saturated carbocycles. The molecule has 38 heavy (non-hydrogen) atoms. The van der Waals surface area contributed by atoms with Crippen molar-refractivity contribution in [3.05, 3.63) is 84.9 Å². The highest BCUT2D eigenvalue weighted by molar-refractivity contribution is 14.1. The zero-order valence-corrected chi connectivity index (χ0v) is 24.8. The second-order valence-corrected chi connectivity index (χ2v) is 13.0. The molecule has 2 heterocycles. The summed E-state index contributed by atoms with van der Waals surface area (Å²) in [6.45, 7) is 2.68. The summed E-state index contributed by atoms with van der Waals surface area (Å²) in [6, 6.07) is 15.6. The first-order chi connectivity index (χ1) is 18.4. The summed E-state index contributed by atoms with van der Waals surface area (Å²) < 4.78 is 0.869. The van der Waals surface area contributed by atoms with Crippen LogP contribution in [0.2, 0.25) is 0 Å². The number of hydrogen-bond acceptors (Lipinski definition) is 5. The minimum atomic E-state index is -0.502. The third-order valence-corrected chi connectivity index (χ3v) is 9.74. The SMILES string of the molecule is Cc1csc([C@H]2CCCN2C(=O)c2cc(I)cc(C(=O)C[C@@H](Cc3ccccc3)[C@H](O)C3CCCC3)c2)n1. The first kappa shape index (κ1) is 27.5. The minimum absolute atomic E-state index is 0.00460. The molecular formula is C31H35IN2O3S. The number of Topliss-reactive ketones (excluding diaryl/α,β-unsaturated/α-hetero) is 1. The molecule has 7 heteroatoms. The minimum Gasteiger partial charge on any atom is -0.393 e. The van der Waals surface area contributed by atoms with Gasteiger partial charge in [0.15, 0.2) is 5.78 Å². The molecule has 200 valence electrons. The third kappa shape index (κ3) is 6.37. The standard InChI is InChI=1S/C31H35IN2O3S/c1-20-19-38-30(33-20)27-12-7-13-34(27)31(37)25-15-23(16-26(32)17-25)28(35)18-24(14-21-8-3-2-4-9-21)29(36)22-10-5-6-11-22/h2-4,8-9,15-17,19,22,24,27,29,36H,5-7,10-14,18H2,1H3/t24-,27-,29-/m1/s1. The van der Waals surface area contributed by atoms with Crippen molar-refractivity contribution in [3.63, 3.8) is 0 Å². The number of aromatic nitrogens is 1. The van der Waals surface area contributed by atoms with E-state index in [4.69, 9.17) is 0 Å². The lowest BCUT2D eigenvalue weighted by Crippen LogP contribution is -2.32. The van der Waals surface area contributed by atoms with Crippen LogP contribution in [0, 0.1) is 22.3 Å². The zero-order valence-electron chi connectivity index (χ0n) is 21.8. The third-order valence-electron chi connectivity index (χ3n) is 8.06. The van der Waals surface area contributed by atoms with Gasteiger partial charge in [-0.15, -0.1) is 11.3 Å². The van der Waals surface area contributed by atoms with Crippen LogP contribution in [0.4, 0.5) is 0 Å². The van der Waals surface area contributed by atoms with Gasteiger partial charge in [-0.05, 0) is 97.2 Å². The van der Waals surface area contributed by atoms with Gasteiger partial charge >= 0.3 is 0 Å². The van der Waals surface area contributed by atoms with Gasteiger partial charge < -0.3 is 10.0 Å².